The first-order valence-electron chi connectivity index (χ1n) is 9.10. The van der Waals surface area contributed by atoms with Crippen LogP contribution in [0.1, 0.15) is 0 Å². The Balaban J connectivity index is 1.52. The van der Waals surface area contributed by atoms with E-state index < -0.39 is 0 Å². The largest absolute Gasteiger partial charge is 0.379 e. The third kappa shape index (κ3) is 6.12. The molecule has 8 nitrogen and oxygen atoms in total. The maximum atomic E-state index is 6.03. The fourth-order valence-corrected chi connectivity index (χ4v) is 2.80. The summed E-state index contributed by atoms with van der Waals surface area (Å²) in [6.45, 7) is 5.38. The molecular weight excluding hydrogens is 342 g/mol. The monoisotopic (exact) mass is 369 g/mol. The van der Waals surface area contributed by atoms with Gasteiger partial charge in [-0.3, -0.25) is 15.3 Å². The minimum atomic E-state index is 0.312. The summed E-state index contributed by atoms with van der Waals surface area (Å²) in [4.78, 5) is 11.1. The average Bonchev–Trinajstić information content (AvgIpc) is 2.70. The molecule has 1 aliphatic heterocycles. The third-order valence-corrected chi connectivity index (χ3v) is 4.26. The second kappa shape index (κ2) is 9.75. The Hall–Kier alpha value is -2.84. The van der Waals surface area contributed by atoms with Crippen LogP contribution in [-0.2, 0) is 4.74 Å². The van der Waals surface area contributed by atoms with Crippen LogP contribution in [0, 0.1) is 0 Å². The van der Waals surface area contributed by atoms with Crippen LogP contribution in [0.5, 0.6) is 0 Å². The Morgan fingerprint density at radius 1 is 1.26 bits per heavy atom. The Kier molecular flexibility index (Phi) is 6.84. The predicted molar refractivity (Wildman–Crippen MR) is 109 cm³/mol. The standard InChI is InChI=1S/C19H27N7O/c1-25(17-5-3-2-4-6-17)24-19(20)23-16-7-8-21-18(15-16)22-9-10-26-11-13-27-14-12-26/h2-8,15H,9-14H2,1H3,(H4,20,21,22,23,24). The summed E-state index contributed by atoms with van der Waals surface area (Å²) >= 11 is 0. The molecule has 0 amide bonds. The van der Waals surface area contributed by atoms with Crippen LogP contribution in [0.4, 0.5) is 17.2 Å². The lowest BCUT2D eigenvalue weighted by molar-refractivity contribution is 0.0398. The van der Waals surface area contributed by atoms with Crippen LogP contribution in [-0.4, -0.2) is 62.3 Å². The minimum Gasteiger partial charge on any atom is -0.379 e. The van der Waals surface area contributed by atoms with Crippen LogP contribution in [0.15, 0.2) is 53.7 Å². The van der Waals surface area contributed by atoms with Gasteiger partial charge in [0.1, 0.15) is 5.82 Å². The molecule has 1 aromatic carbocycles. The molecule has 3 rings (SSSR count). The van der Waals surface area contributed by atoms with Crippen LogP contribution in [0.25, 0.3) is 0 Å². The highest BCUT2D eigenvalue weighted by molar-refractivity contribution is 5.82. The van der Waals surface area contributed by atoms with Crippen LogP contribution < -0.4 is 21.5 Å². The van der Waals surface area contributed by atoms with Gasteiger partial charge in [0, 0.05) is 45.5 Å². The van der Waals surface area contributed by atoms with E-state index in [0.29, 0.717) is 5.96 Å². The molecule has 8 heteroatoms. The van der Waals surface area contributed by atoms with E-state index in [4.69, 9.17) is 10.5 Å². The molecule has 0 saturated carbocycles. The first kappa shape index (κ1) is 18.9. The van der Waals surface area contributed by atoms with Gasteiger partial charge in [-0.15, -0.1) is 0 Å². The topological polar surface area (TPSA) is 91.0 Å². The Morgan fingerprint density at radius 3 is 2.81 bits per heavy atom. The van der Waals surface area contributed by atoms with Gasteiger partial charge in [0.05, 0.1) is 24.6 Å². The highest BCUT2D eigenvalue weighted by atomic mass is 16.5. The molecule has 2 heterocycles. The maximum absolute atomic E-state index is 6.03. The number of benzene rings is 1. The second-order valence-electron chi connectivity index (χ2n) is 6.28. The van der Waals surface area contributed by atoms with Crippen molar-refractivity contribution < 1.29 is 4.74 Å². The molecule has 2 aromatic rings. The molecule has 1 fully saturated rings. The van der Waals surface area contributed by atoms with Crippen molar-refractivity contribution in [1.29, 1.82) is 0 Å². The molecule has 1 saturated heterocycles. The van der Waals surface area contributed by atoms with Crippen molar-refractivity contribution in [3.63, 3.8) is 0 Å². The summed E-state index contributed by atoms with van der Waals surface area (Å²) in [5, 5.41) is 5.16. The smallest absolute Gasteiger partial charge is 0.213 e. The molecule has 4 N–H and O–H groups in total. The van der Waals surface area contributed by atoms with Gasteiger partial charge in [-0.25, -0.2) is 9.98 Å². The van der Waals surface area contributed by atoms with E-state index in [1.807, 2.05) is 54.5 Å². The Bertz CT molecular complexity index is 732. The van der Waals surface area contributed by atoms with Crippen LogP contribution >= 0.6 is 0 Å². The van der Waals surface area contributed by atoms with Crippen molar-refractivity contribution in [1.82, 2.24) is 15.3 Å². The molecule has 27 heavy (non-hydrogen) atoms. The summed E-state index contributed by atoms with van der Waals surface area (Å²) in [6, 6.07) is 13.6. The van der Waals surface area contributed by atoms with Gasteiger partial charge < -0.3 is 15.8 Å². The van der Waals surface area contributed by atoms with E-state index in [9.17, 15) is 0 Å². The lowest BCUT2D eigenvalue weighted by atomic mass is 10.3. The lowest BCUT2D eigenvalue weighted by Crippen LogP contribution is -2.43. The molecule has 1 aromatic heterocycles. The highest BCUT2D eigenvalue weighted by Gasteiger charge is 2.09. The van der Waals surface area contributed by atoms with Crippen LogP contribution in [0.3, 0.4) is 0 Å². The van der Waals surface area contributed by atoms with Crippen molar-refractivity contribution >= 4 is 23.2 Å². The number of morpholine rings is 1. The number of hydrazine groups is 1. The predicted octanol–water partition coefficient (Wildman–Crippen LogP) is 1.41. The number of para-hydroxylation sites is 1. The molecule has 1 aliphatic rings. The molecule has 0 radical (unpaired) electrons. The summed E-state index contributed by atoms with van der Waals surface area (Å²) in [5.74, 6) is 1.10. The first-order valence-corrected chi connectivity index (χ1v) is 9.10. The van der Waals surface area contributed by atoms with Crippen LogP contribution in [0.2, 0.25) is 0 Å². The number of guanidine groups is 1. The third-order valence-electron chi connectivity index (χ3n) is 4.26. The zero-order chi connectivity index (χ0) is 18.9. The number of hydrogen-bond donors (Lipinski definition) is 3. The number of nitrogens with one attached hydrogen (secondary N) is 2. The molecule has 144 valence electrons. The lowest BCUT2D eigenvalue weighted by Gasteiger charge is -2.26. The van der Waals surface area contributed by atoms with E-state index in [1.165, 1.54) is 0 Å². The fraction of sp³-hybridized carbons (Fsp3) is 0.368. The van der Waals surface area contributed by atoms with E-state index in [2.05, 4.69) is 25.6 Å². The molecular formula is C19H27N7O. The van der Waals surface area contributed by atoms with Gasteiger partial charge in [0.25, 0.3) is 0 Å². The van der Waals surface area contributed by atoms with Gasteiger partial charge >= 0.3 is 0 Å². The van der Waals surface area contributed by atoms with Crippen molar-refractivity contribution in [2.45, 2.75) is 0 Å². The van der Waals surface area contributed by atoms with Gasteiger partial charge in [-0.2, -0.15) is 0 Å². The van der Waals surface area contributed by atoms with Crippen molar-refractivity contribution in [3.8, 4) is 0 Å². The zero-order valence-corrected chi connectivity index (χ0v) is 15.6. The minimum absolute atomic E-state index is 0.312. The SMILES string of the molecule is CN(NC(N)=Nc1ccnc(NCCN2CCOCC2)c1)c1ccccc1. The number of aliphatic imine (C=N–C) groups is 1. The van der Waals surface area contributed by atoms with E-state index >= 15 is 0 Å². The highest BCUT2D eigenvalue weighted by Crippen LogP contribution is 2.15. The summed E-state index contributed by atoms with van der Waals surface area (Å²) in [6.07, 6.45) is 1.73. The molecule has 0 spiro atoms. The number of rotatable bonds is 7. The molecule has 0 atom stereocenters. The number of pyridine rings is 1. The van der Waals surface area contributed by atoms with Crippen molar-refractivity contribution in [2.75, 3.05) is 56.8 Å². The van der Waals surface area contributed by atoms with Gasteiger partial charge in [0.15, 0.2) is 0 Å². The Labute approximate surface area is 160 Å². The maximum Gasteiger partial charge on any atom is 0.213 e. The number of aromatic nitrogens is 1. The Morgan fingerprint density at radius 2 is 2.04 bits per heavy atom. The fourth-order valence-electron chi connectivity index (χ4n) is 2.80. The number of nitrogens with zero attached hydrogens (tertiary/aromatic N) is 4. The quantitative estimate of drug-likeness (QED) is 0.386. The average molecular weight is 369 g/mol. The number of ether oxygens (including phenoxy) is 1. The van der Waals surface area contributed by atoms with Crippen molar-refractivity contribution in [3.05, 3.63) is 48.7 Å². The number of nitrogens with two attached hydrogens (primary N) is 1. The molecule has 0 unspecified atom stereocenters. The molecule has 0 bridgehead atoms. The number of hydrogen-bond acceptors (Lipinski definition) is 6. The van der Waals surface area contributed by atoms with Gasteiger partial charge in [0.2, 0.25) is 5.96 Å². The van der Waals surface area contributed by atoms with Gasteiger partial charge in [-0.05, 0) is 18.2 Å². The van der Waals surface area contributed by atoms with E-state index in [0.717, 1.165) is 56.6 Å². The second-order valence-corrected chi connectivity index (χ2v) is 6.28. The van der Waals surface area contributed by atoms with E-state index in [1.54, 1.807) is 6.20 Å². The first-order chi connectivity index (χ1) is 13.2. The zero-order valence-electron chi connectivity index (χ0n) is 15.6. The summed E-state index contributed by atoms with van der Waals surface area (Å²) in [5.41, 5.74) is 10.8. The summed E-state index contributed by atoms with van der Waals surface area (Å²) in [7, 11) is 1.89. The van der Waals surface area contributed by atoms with E-state index in [-0.39, 0.29) is 0 Å². The molecule has 0 aliphatic carbocycles. The van der Waals surface area contributed by atoms with Gasteiger partial charge in [-0.1, -0.05) is 18.2 Å². The van der Waals surface area contributed by atoms with Crippen molar-refractivity contribution in [2.24, 2.45) is 10.7 Å². The number of anilines is 2. The normalized spacial score (nSPS) is 15.4. The summed E-state index contributed by atoms with van der Waals surface area (Å²) < 4.78 is 5.36.